The number of hydrogen-bond acceptors (Lipinski definition) is 4. The minimum atomic E-state index is -0.552. The Balaban J connectivity index is 0.00000261. The second kappa shape index (κ2) is 10.9. The van der Waals surface area contributed by atoms with Crippen molar-refractivity contribution >= 4 is 35.8 Å². The van der Waals surface area contributed by atoms with E-state index in [4.69, 9.17) is 10.2 Å². The Labute approximate surface area is 178 Å². The quantitative estimate of drug-likeness (QED) is 0.336. The van der Waals surface area contributed by atoms with Crippen molar-refractivity contribution in [1.29, 1.82) is 0 Å². The number of likely N-dealkylation sites (tertiary alicyclic amines) is 1. The van der Waals surface area contributed by atoms with Gasteiger partial charge < -0.3 is 20.8 Å². The van der Waals surface area contributed by atoms with Gasteiger partial charge in [-0.3, -0.25) is 14.7 Å². The van der Waals surface area contributed by atoms with Gasteiger partial charge in [0.2, 0.25) is 0 Å². The molecule has 0 aromatic carbocycles. The first-order valence-electron chi connectivity index (χ1n) is 9.75. The van der Waals surface area contributed by atoms with Crippen molar-refractivity contribution in [2.45, 2.75) is 63.6 Å². The SMILES string of the molecule is CN=C(NCc1ccc(C(N)=O)o1)NC1CCCN(C2CCCCC2)C1.I. The molecule has 4 N–H and O–H groups in total. The number of nitrogens with two attached hydrogens (primary N) is 1. The van der Waals surface area contributed by atoms with Crippen LogP contribution in [0.25, 0.3) is 0 Å². The summed E-state index contributed by atoms with van der Waals surface area (Å²) in [6.45, 7) is 2.77. The molecule has 0 radical (unpaired) electrons. The molecule has 2 fully saturated rings. The van der Waals surface area contributed by atoms with E-state index in [0.717, 1.165) is 25.0 Å². The number of hydrogen-bond donors (Lipinski definition) is 3. The first-order chi connectivity index (χ1) is 12.7. The summed E-state index contributed by atoms with van der Waals surface area (Å²) in [6, 6.07) is 4.53. The number of carbonyl (C=O) groups excluding carboxylic acids is 1. The normalized spacial score (nSPS) is 22.1. The molecule has 0 bridgehead atoms. The van der Waals surface area contributed by atoms with Crippen LogP contribution in [0.3, 0.4) is 0 Å². The molecule has 2 heterocycles. The molecule has 3 rings (SSSR count). The summed E-state index contributed by atoms with van der Waals surface area (Å²) in [5, 5.41) is 6.79. The van der Waals surface area contributed by atoms with Crippen LogP contribution in [0.15, 0.2) is 21.5 Å². The number of guanidine groups is 1. The van der Waals surface area contributed by atoms with Crippen molar-refractivity contribution in [3.63, 3.8) is 0 Å². The molecule has 1 saturated heterocycles. The predicted octanol–water partition coefficient (Wildman–Crippen LogP) is 2.46. The molecule has 1 atom stereocenters. The molecule has 27 heavy (non-hydrogen) atoms. The zero-order valence-electron chi connectivity index (χ0n) is 16.1. The Morgan fingerprint density at radius 3 is 2.70 bits per heavy atom. The lowest BCUT2D eigenvalue weighted by molar-refractivity contribution is 0.0972. The molecule has 1 saturated carbocycles. The molecule has 1 amide bonds. The Hall–Kier alpha value is -1.29. The maximum atomic E-state index is 11.1. The molecular formula is C19H32IN5O2. The second-order valence-corrected chi connectivity index (χ2v) is 7.33. The highest BCUT2D eigenvalue weighted by Crippen LogP contribution is 2.25. The number of aliphatic imine (C=N–C) groups is 1. The summed E-state index contributed by atoms with van der Waals surface area (Å²) in [6.07, 6.45) is 9.23. The predicted molar refractivity (Wildman–Crippen MR) is 117 cm³/mol. The first kappa shape index (κ1) is 22.0. The van der Waals surface area contributed by atoms with Crippen LogP contribution in [0.2, 0.25) is 0 Å². The number of nitrogens with zero attached hydrogens (tertiary/aromatic N) is 2. The van der Waals surface area contributed by atoms with Gasteiger partial charge in [-0.2, -0.15) is 0 Å². The summed E-state index contributed by atoms with van der Waals surface area (Å²) in [5.41, 5.74) is 5.21. The van der Waals surface area contributed by atoms with Crippen LogP contribution in [0.1, 0.15) is 61.3 Å². The number of halogens is 1. The molecular weight excluding hydrogens is 457 g/mol. The number of piperidine rings is 1. The zero-order valence-corrected chi connectivity index (χ0v) is 18.4. The van der Waals surface area contributed by atoms with Gasteiger partial charge >= 0.3 is 0 Å². The summed E-state index contributed by atoms with van der Waals surface area (Å²) >= 11 is 0. The van der Waals surface area contributed by atoms with Crippen molar-refractivity contribution < 1.29 is 9.21 Å². The van der Waals surface area contributed by atoms with Crippen LogP contribution in [0.4, 0.5) is 0 Å². The summed E-state index contributed by atoms with van der Waals surface area (Å²) < 4.78 is 5.40. The molecule has 8 heteroatoms. The van der Waals surface area contributed by atoms with E-state index < -0.39 is 5.91 Å². The van der Waals surface area contributed by atoms with E-state index >= 15 is 0 Å². The smallest absolute Gasteiger partial charge is 0.284 e. The Morgan fingerprint density at radius 2 is 2.04 bits per heavy atom. The van der Waals surface area contributed by atoms with Crippen LogP contribution in [0.5, 0.6) is 0 Å². The number of amides is 1. The number of furan rings is 1. The third-order valence-corrected chi connectivity index (χ3v) is 5.44. The lowest BCUT2D eigenvalue weighted by atomic mass is 9.92. The molecule has 0 spiro atoms. The van der Waals surface area contributed by atoms with Gasteiger partial charge in [-0.1, -0.05) is 19.3 Å². The number of rotatable bonds is 5. The highest BCUT2D eigenvalue weighted by Gasteiger charge is 2.27. The van der Waals surface area contributed by atoms with E-state index in [2.05, 4.69) is 20.5 Å². The van der Waals surface area contributed by atoms with Gasteiger partial charge in [-0.05, 0) is 44.4 Å². The van der Waals surface area contributed by atoms with Gasteiger partial charge in [0.1, 0.15) is 5.76 Å². The summed E-state index contributed by atoms with van der Waals surface area (Å²) in [7, 11) is 1.77. The van der Waals surface area contributed by atoms with Crippen molar-refractivity contribution in [2.24, 2.45) is 10.7 Å². The molecule has 1 aliphatic carbocycles. The summed E-state index contributed by atoms with van der Waals surface area (Å²) in [4.78, 5) is 18.1. The van der Waals surface area contributed by atoms with E-state index in [0.29, 0.717) is 18.3 Å². The van der Waals surface area contributed by atoms with Gasteiger partial charge in [0.05, 0.1) is 6.54 Å². The van der Waals surface area contributed by atoms with E-state index in [1.54, 1.807) is 19.2 Å². The van der Waals surface area contributed by atoms with Gasteiger partial charge in [0.25, 0.3) is 5.91 Å². The van der Waals surface area contributed by atoms with E-state index in [1.165, 1.54) is 45.1 Å². The average molecular weight is 489 g/mol. The van der Waals surface area contributed by atoms with Crippen molar-refractivity contribution in [2.75, 3.05) is 20.1 Å². The van der Waals surface area contributed by atoms with E-state index in [1.807, 2.05) is 0 Å². The van der Waals surface area contributed by atoms with Gasteiger partial charge in [-0.25, -0.2) is 0 Å². The summed E-state index contributed by atoms with van der Waals surface area (Å²) in [5.74, 6) is 1.05. The fourth-order valence-corrected chi connectivity index (χ4v) is 4.07. The first-order valence-corrected chi connectivity index (χ1v) is 9.75. The standard InChI is InChI=1S/C19H31N5O2.HI/c1-21-19(22-12-16-9-10-17(26-16)18(20)25)23-14-6-5-11-24(13-14)15-7-3-2-4-8-15;/h9-10,14-15H,2-8,11-13H2,1H3,(H2,20,25)(H2,21,22,23);1H. The Morgan fingerprint density at radius 1 is 1.26 bits per heavy atom. The van der Waals surface area contributed by atoms with Crippen molar-refractivity contribution in [3.8, 4) is 0 Å². The minimum Gasteiger partial charge on any atom is -0.454 e. The maximum Gasteiger partial charge on any atom is 0.284 e. The topological polar surface area (TPSA) is 95.9 Å². The average Bonchev–Trinajstić information content (AvgIpc) is 3.15. The number of nitrogens with one attached hydrogen (secondary N) is 2. The minimum absolute atomic E-state index is 0. The molecule has 1 aromatic rings. The Bertz CT molecular complexity index is 627. The van der Waals surface area contributed by atoms with Crippen molar-refractivity contribution in [3.05, 3.63) is 23.7 Å². The van der Waals surface area contributed by atoms with Crippen LogP contribution in [-0.2, 0) is 6.54 Å². The molecule has 1 aromatic heterocycles. The zero-order chi connectivity index (χ0) is 18.4. The van der Waals surface area contributed by atoms with Crippen LogP contribution < -0.4 is 16.4 Å². The molecule has 1 unspecified atom stereocenters. The third kappa shape index (κ3) is 6.38. The molecule has 7 nitrogen and oxygen atoms in total. The van der Waals surface area contributed by atoms with Gasteiger partial charge in [-0.15, -0.1) is 24.0 Å². The van der Waals surface area contributed by atoms with E-state index in [-0.39, 0.29) is 29.7 Å². The van der Waals surface area contributed by atoms with E-state index in [9.17, 15) is 4.79 Å². The Kier molecular flexibility index (Phi) is 8.88. The van der Waals surface area contributed by atoms with Crippen LogP contribution >= 0.6 is 24.0 Å². The second-order valence-electron chi connectivity index (χ2n) is 7.33. The van der Waals surface area contributed by atoms with Crippen LogP contribution in [-0.4, -0.2) is 49.0 Å². The molecule has 152 valence electrons. The van der Waals surface area contributed by atoms with Gasteiger partial charge in [0.15, 0.2) is 11.7 Å². The number of primary amides is 1. The monoisotopic (exact) mass is 489 g/mol. The third-order valence-electron chi connectivity index (χ3n) is 5.44. The number of carbonyl (C=O) groups is 1. The van der Waals surface area contributed by atoms with Gasteiger partial charge in [0, 0.05) is 25.7 Å². The fourth-order valence-electron chi connectivity index (χ4n) is 4.07. The van der Waals surface area contributed by atoms with Crippen molar-refractivity contribution in [1.82, 2.24) is 15.5 Å². The molecule has 2 aliphatic rings. The molecule has 1 aliphatic heterocycles. The lowest BCUT2D eigenvalue weighted by Crippen LogP contribution is -2.53. The van der Waals surface area contributed by atoms with Crippen LogP contribution in [0, 0.1) is 0 Å². The lowest BCUT2D eigenvalue weighted by Gasteiger charge is -2.40. The highest BCUT2D eigenvalue weighted by atomic mass is 127. The fraction of sp³-hybridized carbons (Fsp3) is 0.684. The largest absolute Gasteiger partial charge is 0.454 e. The maximum absolute atomic E-state index is 11.1. The highest BCUT2D eigenvalue weighted by molar-refractivity contribution is 14.0.